The van der Waals surface area contributed by atoms with Gasteiger partial charge in [-0.2, -0.15) is 5.10 Å². The van der Waals surface area contributed by atoms with E-state index in [1.165, 1.54) is 10.7 Å². The van der Waals surface area contributed by atoms with Crippen molar-refractivity contribution < 1.29 is 4.79 Å². The Morgan fingerprint density at radius 1 is 1.60 bits per heavy atom. The first kappa shape index (κ1) is 9.57. The minimum Gasteiger partial charge on any atom is -0.299 e. The number of ketones is 1. The Morgan fingerprint density at radius 3 is 3.13 bits per heavy atom. The van der Waals surface area contributed by atoms with Gasteiger partial charge in [0.25, 0.3) is 0 Å². The van der Waals surface area contributed by atoms with E-state index in [0.29, 0.717) is 17.8 Å². The van der Waals surface area contributed by atoms with Crippen molar-refractivity contribution in [1.29, 1.82) is 0 Å². The van der Waals surface area contributed by atoms with Crippen molar-refractivity contribution in [3.05, 3.63) is 28.6 Å². The van der Waals surface area contributed by atoms with Gasteiger partial charge in [-0.15, -0.1) is 0 Å². The molecule has 0 bridgehead atoms. The van der Waals surface area contributed by atoms with Gasteiger partial charge in [-0.1, -0.05) is 6.92 Å². The lowest BCUT2D eigenvalue weighted by Gasteiger charge is -1.97. The summed E-state index contributed by atoms with van der Waals surface area (Å²) >= 11 is 0. The van der Waals surface area contributed by atoms with Crippen molar-refractivity contribution >= 4 is 11.4 Å². The molecule has 0 radical (unpaired) electrons. The SMILES string of the molecule is CCC(=O)Cc1cc2n[nH]c(=O)n2cn1. The number of Topliss-reactive ketones (excluding diaryl/α,β-unsaturated/α-hetero) is 1. The third-order valence-corrected chi connectivity index (χ3v) is 2.14. The molecule has 0 amide bonds. The smallest absolute Gasteiger partial charge is 0.299 e. The third-order valence-electron chi connectivity index (χ3n) is 2.14. The quantitative estimate of drug-likeness (QED) is 0.762. The number of aromatic amines is 1. The highest BCUT2D eigenvalue weighted by atomic mass is 16.1. The minimum atomic E-state index is -0.328. The molecule has 0 aliphatic rings. The summed E-state index contributed by atoms with van der Waals surface area (Å²) in [7, 11) is 0. The van der Waals surface area contributed by atoms with Gasteiger partial charge in [0.05, 0.1) is 5.69 Å². The van der Waals surface area contributed by atoms with Gasteiger partial charge in [0.1, 0.15) is 12.1 Å². The van der Waals surface area contributed by atoms with E-state index in [1.54, 1.807) is 13.0 Å². The lowest BCUT2D eigenvalue weighted by atomic mass is 10.2. The van der Waals surface area contributed by atoms with E-state index < -0.39 is 0 Å². The zero-order chi connectivity index (χ0) is 10.8. The Bertz CT molecular complexity index is 554. The molecule has 0 unspecified atom stereocenters. The first-order valence-electron chi connectivity index (χ1n) is 4.64. The molecule has 78 valence electrons. The van der Waals surface area contributed by atoms with Crippen molar-refractivity contribution in [3.8, 4) is 0 Å². The minimum absolute atomic E-state index is 0.115. The second kappa shape index (κ2) is 3.64. The van der Waals surface area contributed by atoms with Gasteiger partial charge in [-0.25, -0.2) is 19.3 Å². The maximum Gasteiger partial charge on any atom is 0.348 e. The Labute approximate surface area is 85.0 Å². The van der Waals surface area contributed by atoms with Crippen LogP contribution in [-0.2, 0) is 11.2 Å². The van der Waals surface area contributed by atoms with Crippen LogP contribution in [-0.4, -0.2) is 25.4 Å². The molecule has 0 aromatic carbocycles. The van der Waals surface area contributed by atoms with Crippen LogP contribution in [0.1, 0.15) is 19.0 Å². The molecule has 0 fully saturated rings. The van der Waals surface area contributed by atoms with Crippen LogP contribution in [0.25, 0.3) is 5.65 Å². The van der Waals surface area contributed by atoms with E-state index in [9.17, 15) is 9.59 Å². The molecule has 0 spiro atoms. The average Bonchev–Trinajstić information content (AvgIpc) is 2.60. The van der Waals surface area contributed by atoms with Crippen LogP contribution in [0.4, 0.5) is 0 Å². The van der Waals surface area contributed by atoms with E-state index in [4.69, 9.17) is 0 Å². The summed E-state index contributed by atoms with van der Waals surface area (Å²) < 4.78 is 1.29. The zero-order valence-electron chi connectivity index (χ0n) is 8.23. The highest BCUT2D eigenvalue weighted by Crippen LogP contribution is 2.01. The van der Waals surface area contributed by atoms with Gasteiger partial charge in [0, 0.05) is 18.9 Å². The maximum absolute atomic E-state index is 11.2. The predicted octanol–water partition coefficient (Wildman–Crippen LogP) is -0.0608. The Kier molecular flexibility index (Phi) is 2.32. The molecule has 0 atom stereocenters. The third kappa shape index (κ3) is 1.78. The van der Waals surface area contributed by atoms with E-state index in [-0.39, 0.29) is 17.9 Å². The number of nitrogens with zero attached hydrogens (tertiary/aromatic N) is 3. The van der Waals surface area contributed by atoms with Gasteiger partial charge in [-0.05, 0) is 0 Å². The number of nitrogens with one attached hydrogen (secondary N) is 1. The molecule has 6 nitrogen and oxygen atoms in total. The average molecular weight is 206 g/mol. The van der Waals surface area contributed by atoms with Crippen molar-refractivity contribution in [2.24, 2.45) is 0 Å². The number of hydrogen-bond donors (Lipinski definition) is 1. The summed E-state index contributed by atoms with van der Waals surface area (Å²) in [4.78, 5) is 26.3. The molecular formula is C9H10N4O2. The topological polar surface area (TPSA) is 80.1 Å². The summed E-state index contributed by atoms with van der Waals surface area (Å²) in [6.07, 6.45) is 2.15. The molecule has 0 saturated carbocycles. The Balaban J connectivity index is 2.39. The van der Waals surface area contributed by atoms with Crippen molar-refractivity contribution in [1.82, 2.24) is 19.6 Å². The summed E-state index contributed by atoms with van der Waals surface area (Å²) in [5.74, 6) is 0.115. The summed E-state index contributed by atoms with van der Waals surface area (Å²) in [5.41, 5.74) is 0.785. The fourth-order valence-electron chi connectivity index (χ4n) is 1.27. The lowest BCUT2D eigenvalue weighted by molar-refractivity contribution is -0.118. The molecule has 2 rings (SSSR count). The molecule has 15 heavy (non-hydrogen) atoms. The molecular weight excluding hydrogens is 196 g/mol. The van der Waals surface area contributed by atoms with Crippen LogP contribution < -0.4 is 5.69 Å². The van der Waals surface area contributed by atoms with Crippen LogP contribution in [0.2, 0.25) is 0 Å². The van der Waals surface area contributed by atoms with Gasteiger partial charge < -0.3 is 0 Å². The molecule has 2 aromatic rings. The monoisotopic (exact) mass is 206 g/mol. The molecule has 2 heterocycles. The van der Waals surface area contributed by atoms with E-state index in [2.05, 4.69) is 15.2 Å². The highest BCUT2D eigenvalue weighted by molar-refractivity contribution is 5.80. The normalized spacial score (nSPS) is 10.7. The molecule has 1 N–H and O–H groups in total. The van der Waals surface area contributed by atoms with Crippen LogP contribution in [0.15, 0.2) is 17.2 Å². The van der Waals surface area contributed by atoms with Gasteiger partial charge in [0.15, 0.2) is 5.65 Å². The maximum atomic E-state index is 11.2. The number of H-pyrrole nitrogens is 1. The first-order valence-corrected chi connectivity index (χ1v) is 4.64. The first-order chi connectivity index (χ1) is 7.20. The zero-order valence-corrected chi connectivity index (χ0v) is 8.23. The van der Waals surface area contributed by atoms with Crippen LogP contribution in [0, 0.1) is 0 Å². The predicted molar refractivity (Wildman–Crippen MR) is 52.6 cm³/mol. The van der Waals surface area contributed by atoms with E-state index >= 15 is 0 Å². The number of aromatic nitrogens is 4. The molecule has 6 heteroatoms. The highest BCUT2D eigenvalue weighted by Gasteiger charge is 2.05. The second-order valence-electron chi connectivity index (χ2n) is 3.21. The molecule has 0 aliphatic carbocycles. The van der Waals surface area contributed by atoms with Gasteiger partial charge in [0.2, 0.25) is 0 Å². The van der Waals surface area contributed by atoms with Crippen LogP contribution in [0.3, 0.4) is 0 Å². The number of fused-ring (bicyclic) bond motifs is 1. The molecule has 2 aromatic heterocycles. The number of carbonyl (C=O) groups excluding carboxylic acids is 1. The molecule has 0 saturated heterocycles. The van der Waals surface area contributed by atoms with Crippen molar-refractivity contribution in [2.45, 2.75) is 19.8 Å². The van der Waals surface area contributed by atoms with E-state index in [1.807, 2.05) is 0 Å². The van der Waals surface area contributed by atoms with Gasteiger partial charge in [-0.3, -0.25) is 4.79 Å². The van der Waals surface area contributed by atoms with E-state index in [0.717, 1.165) is 0 Å². The number of carbonyl (C=O) groups is 1. The Morgan fingerprint density at radius 2 is 2.40 bits per heavy atom. The second-order valence-corrected chi connectivity index (χ2v) is 3.21. The molecule has 0 aliphatic heterocycles. The van der Waals surface area contributed by atoms with Crippen LogP contribution >= 0.6 is 0 Å². The van der Waals surface area contributed by atoms with Crippen molar-refractivity contribution in [2.75, 3.05) is 0 Å². The summed E-state index contributed by atoms with van der Waals surface area (Å²) in [5, 5.41) is 6.09. The fourth-order valence-corrected chi connectivity index (χ4v) is 1.27. The van der Waals surface area contributed by atoms with Crippen molar-refractivity contribution in [3.63, 3.8) is 0 Å². The number of hydrogen-bond acceptors (Lipinski definition) is 4. The largest absolute Gasteiger partial charge is 0.348 e. The summed E-state index contributed by atoms with van der Waals surface area (Å²) in [6.45, 7) is 1.81. The summed E-state index contributed by atoms with van der Waals surface area (Å²) in [6, 6.07) is 1.63. The fraction of sp³-hybridized carbons (Fsp3) is 0.333. The standard InChI is InChI=1S/C9H10N4O2/c1-2-7(14)3-6-4-8-11-12-9(15)13(8)5-10-6/h4-5H,2-3H2,1H3,(H,12,15). The lowest BCUT2D eigenvalue weighted by Crippen LogP contribution is -2.10. The number of rotatable bonds is 3. The van der Waals surface area contributed by atoms with Gasteiger partial charge >= 0.3 is 5.69 Å². The Hall–Kier alpha value is -1.98. The van der Waals surface area contributed by atoms with Crippen LogP contribution in [0.5, 0.6) is 0 Å².